The molecule has 2 atom stereocenters. The Hall–Kier alpha value is -4.00. The Bertz CT molecular complexity index is 1420. The number of halogens is 4. The first-order valence-corrected chi connectivity index (χ1v) is 13.5. The summed E-state index contributed by atoms with van der Waals surface area (Å²) in [5, 5.41) is 7.32. The van der Waals surface area contributed by atoms with Crippen molar-refractivity contribution >= 4 is 29.0 Å². The highest BCUT2D eigenvalue weighted by Gasteiger charge is 2.47. The number of benzene rings is 1. The first-order chi connectivity index (χ1) is 19.7. The van der Waals surface area contributed by atoms with E-state index < -0.39 is 35.8 Å². The van der Waals surface area contributed by atoms with Crippen LogP contribution in [0.4, 0.5) is 28.2 Å². The maximum absolute atomic E-state index is 14.2. The summed E-state index contributed by atoms with van der Waals surface area (Å²) in [6.07, 6.45) is -2.48. The van der Waals surface area contributed by atoms with Crippen LogP contribution in [0.2, 0.25) is 0 Å². The van der Waals surface area contributed by atoms with Gasteiger partial charge in [-0.15, -0.1) is 0 Å². The largest absolute Gasteiger partial charge is 0.488 e. The van der Waals surface area contributed by atoms with Gasteiger partial charge in [-0.3, -0.25) is 10.3 Å². The predicted octanol–water partition coefficient (Wildman–Crippen LogP) is 6.20. The average Bonchev–Trinajstić information content (AvgIpc) is 3.30. The van der Waals surface area contributed by atoms with Crippen molar-refractivity contribution in [1.29, 1.82) is 0 Å². The van der Waals surface area contributed by atoms with Gasteiger partial charge in [-0.2, -0.15) is 18.3 Å². The number of amides is 1. The van der Waals surface area contributed by atoms with Gasteiger partial charge in [0.2, 0.25) is 0 Å². The molecule has 3 heterocycles. The molecule has 0 aliphatic carbocycles. The van der Waals surface area contributed by atoms with Crippen LogP contribution in [0.15, 0.2) is 47.7 Å². The number of aromatic nitrogens is 2. The summed E-state index contributed by atoms with van der Waals surface area (Å²) in [4.78, 5) is 21.9. The minimum absolute atomic E-state index is 0.0181. The number of anilines is 1. The van der Waals surface area contributed by atoms with Crippen LogP contribution in [0.25, 0.3) is 10.9 Å². The van der Waals surface area contributed by atoms with Crippen LogP contribution >= 0.6 is 0 Å². The van der Waals surface area contributed by atoms with E-state index in [1.54, 1.807) is 46.8 Å². The highest BCUT2D eigenvalue weighted by Crippen LogP contribution is 2.39. The van der Waals surface area contributed by atoms with Crippen molar-refractivity contribution in [3.63, 3.8) is 0 Å². The zero-order valence-corrected chi connectivity index (χ0v) is 24.0. The van der Waals surface area contributed by atoms with Gasteiger partial charge >= 0.3 is 12.3 Å². The Labute approximate surface area is 241 Å². The highest BCUT2D eigenvalue weighted by molar-refractivity contribution is 5.86. The number of hydrogen-bond acceptors (Lipinski definition) is 8. The molecule has 1 aliphatic rings. The average molecular weight is 591 g/mol. The Balaban J connectivity index is 1.40. The number of nitrogens with zero attached hydrogens (tertiary/aromatic N) is 4. The van der Waals surface area contributed by atoms with Crippen molar-refractivity contribution in [3.8, 4) is 5.75 Å². The van der Waals surface area contributed by atoms with Crippen molar-refractivity contribution in [1.82, 2.24) is 20.2 Å². The topological polar surface area (TPSA) is 101 Å². The fourth-order valence-corrected chi connectivity index (χ4v) is 4.57. The lowest BCUT2D eigenvalue weighted by atomic mass is 10.1. The first-order valence-electron chi connectivity index (χ1n) is 13.5. The van der Waals surface area contributed by atoms with Crippen LogP contribution in [0, 0.1) is 5.82 Å². The smallest absolute Gasteiger partial charge is 0.408 e. The molecule has 1 fully saturated rings. The molecule has 1 aliphatic heterocycles. The van der Waals surface area contributed by atoms with E-state index >= 15 is 0 Å². The molecule has 9 nitrogen and oxygen atoms in total. The molecule has 1 saturated heterocycles. The Morgan fingerprint density at radius 3 is 2.57 bits per heavy atom. The first kappa shape index (κ1) is 30.9. The second kappa shape index (κ2) is 12.5. The zero-order chi connectivity index (χ0) is 30.7. The summed E-state index contributed by atoms with van der Waals surface area (Å²) in [5.74, 6) is -0.148. The lowest BCUT2D eigenvalue weighted by molar-refractivity contribution is -0.183. The van der Waals surface area contributed by atoms with Crippen molar-refractivity contribution in [2.45, 2.75) is 71.0 Å². The molecule has 0 radical (unpaired) electrons. The zero-order valence-electron chi connectivity index (χ0n) is 24.0. The summed E-state index contributed by atoms with van der Waals surface area (Å²) in [6, 6.07) is 6.61. The molecule has 42 heavy (non-hydrogen) atoms. The van der Waals surface area contributed by atoms with Gasteiger partial charge in [-0.05, 0) is 64.8 Å². The lowest BCUT2D eigenvalue weighted by Crippen LogP contribution is -2.42. The van der Waals surface area contributed by atoms with Gasteiger partial charge in [0.1, 0.15) is 17.5 Å². The summed E-state index contributed by atoms with van der Waals surface area (Å²) in [7, 11) is 0. The molecule has 0 spiro atoms. The number of alkyl halides is 3. The molecular formula is C29H34F4N6O3. The number of likely N-dealkylation sites (tertiary alicyclic amines) is 1. The number of rotatable bonds is 8. The number of alkyl carbamates (subject to hydrolysis) is 1. The van der Waals surface area contributed by atoms with Gasteiger partial charge in [0.15, 0.2) is 11.6 Å². The van der Waals surface area contributed by atoms with E-state index in [-0.39, 0.29) is 36.3 Å². The molecule has 3 aromatic rings. The third-order valence-electron chi connectivity index (χ3n) is 6.22. The van der Waals surface area contributed by atoms with Crippen LogP contribution in [0.1, 0.15) is 58.3 Å². The van der Waals surface area contributed by atoms with Crippen molar-refractivity contribution in [3.05, 3.63) is 59.7 Å². The van der Waals surface area contributed by atoms with Crippen LogP contribution < -0.4 is 15.5 Å². The molecule has 1 aromatic carbocycles. The minimum atomic E-state index is -4.56. The maximum atomic E-state index is 14.2. The van der Waals surface area contributed by atoms with E-state index in [1.165, 1.54) is 35.4 Å². The van der Waals surface area contributed by atoms with Gasteiger partial charge in [0.25, 0.3) is 0 Å². The third kappa shape index (κ3) is 8.28. The minimum Gasteiger partial charge on any atom is -0.488 e. The van der Waals surface area contributed by atoms with Gasteiger partial charge in [-0.1, -0.05) is 12.1 Å². The number of hydrazone groups is 1. The van der Waals surface area contributed by atoms with Crippen molar-refractivity contribution < 1.29 is 31.8 Å². The van der Waals surface area contributed by atoms with Gasteiger partial charge in [0, 0.05) is 36.8 Å². The number of carbonyl (C=O) groups excluding carboxylic acids is 1. The number of pyridine rings is 2. The van der Waals surface area contributed by atoms with Crippen LogP contribution in [-0.4, -0.2) is 64.2 Å². The fourth-order valence-electron chi connectivity index (χ4n) is 4.57. The van der Waals surface area contributed by atoms with Crippen molar-refractivity contribution in [2.75, 3.05) is 18.5 Å². The Morgan fingerprint density at radius 2 is 1.93 bits per heavy atom. The van der Waals surface area contributed by atoms with Gasteiger partial charge in [0.05, 0.1) is 23.5 Å². The molecule has 4 rings (SSSR count). The fraction of sp³-hybridized carbons (Fsp3) is 0.448. The third-order valence-corrected chi connectivity index (χ3v) is 6.22. The second-order valence-electron chi connectivity index (χ2n) is 11.3. The lowest BCUT2D eigenvalue weighted by Gasteiger charge is -2.30. The molecule has 0 saturated carbocycles. The summed E-state index contributed by atoms with van der Waals surface area (Å²) >= 11 is 0. The van der Waals surface area contributed by atoms with Crippen molar-refractivity contribution in [2.24, 2.45) is 5.10 Å². The molecule has 1 amide bonds. The summed E-state index contributed by atoms with van der Waals surface area (Å²) < 4.78 is 67.3. The summed E-state index contributed by atoms with van der Waals surface area (Å²) in [6.45, 7) is 8.90. The van der Waals surface area contributed by atoms with E-state index in [9.17, 15) is 22.4 Å². The number of carbonyl (C=O) groups is 1. The molecule has 226 valence electrons. The monoisotopic (exact) mass is 590 g/mol. The maximum Gasteiger partial charge on any atom is 0.408 e. The summed E-state index contributed by atoms with van der Waals surface area (Å²) in [5.41, 5.74) is 2.93. The quantitative estimate of drug-likeness (QED) is 0.183. The number of fused-ring (bicyclic) bond motifs is 1. The van der Waals surface area contributed by atoms with E-state index in [0.717, 1.165) is 6.20 Å². The van der Waals surface area contributed by atoms with Crippen LogP contribution in [-0.2, 0) is 4.74 Å². The Morgan fingerprint density at radius 1 is 1.17 bits per heavy atom. The van der Waals surface area contributed by atoms with E-state index in [0.29, 0.717) is 23.0 Å². The van der Waals surface area contributed by atoms with E-state index in [2.05, 4.69) is 25.8 Å². The normalized spacial score (nSPS) is 17.1. The number of nitrogens with one attached hydrogen (secondary N) is 2. The number of ether oxygens (including phenoxy) is 2. The molecule has 2 aromatic heterocycles. The molecular weight excluding hydrogens is 556 g/mol. The Kier molecular flexibility index (Phi) is 9.19. The SMILES string of the molecule is CC(C)Oc1cc2nc(/C=N/Nc3ccc([C@@H](N4CC[C@H](NC(=O)OC(C)(C)C)C4)C(F)(F)F)cn3)ccc2cc1F. The highest BCUT2D eigenvalue weighted by atomic mass is 19.4. The second-order valence-corrected chi connectivity index (χ2v) is 11.3. The molecule has 0 bridgehead atoms. The van der Waals surface area contributed by atoms with E-state index in [1.807, 2.05) is 0 Å². The van der Waals surface area contributed by atoms with Gasteiger partial charge < -0.3 is 14.8 Å². The van der Waals surface area contributed by atoms with Crippen LogP contribution in [0.3, 0.4) is 0 Å². The standard InChI is InChI=1S/C29H34F4N6O3/c1-17(2)41-24-13-23-18(12-22(24)30)6-8-20(36-23)15-35-38-25-9-7-19(14-34-25)26(29(31,32)33)39-11-10-21(16-39)37-27(40)42-28(3,4)5/h6-9,12-15,17,21,26H,10-11,16H2,1-5H3,(H,34,38)(H,37,40)/b35-15+/t21-,26+/m0/s1. The number of hydrogen-bond donors (Lipinski definition) is 2. The van der Waals surface area contributed by atoms with Crippen LogP contribution in [0.5, 0.6) is 5.75 Å². The molecule has 13 heteroatoms. The molecule has 0 unspecified atom stereocenters. The molecule has 2 N–H and O–H groups in total. The van der Waals surface area contributed by atoms with E-state index in [4.69, 9.17) is 9.47 Å². The predicted molar refractivity (Wildman–Crippen MR) is 151 cm³/mol. The van der Waals surface area contributed by atoms with Gasteiger partial charge in [-0.25, -0.2) is 19.2 Å².